The van der Waals surface area contributed by atoms with E-state index in [9.17, 15) is 9.90 Å². The first-order valence-electron chi connectivity index (χ1n) is 8.87. The van der Waals surface area contributed by atoms with Crippen LogP contribution in [0.25, 0.3) is 11.1 Å². The third-order valence-corrected chi connectivity index (χ3v) is 5.06. The van der Waals surface area contributed by atoms with Crippen molar-refractivity contribution in [2.75, 3.05) is 40.3 Å². The number of rotatable bonds is 4. The molecule has 0 saturated carbocycles. The van der Waals surface area contributed by atoms with E-state index in [1.807, 2.05) is 12.1 Å². The van der Waals surface area contributed by atoms with Gasteiger partial charge in [0.2, 0.25) is 0 Å². The molecule has 1 aromatic heterocycles. The van der Waals surface area contributed by atoms with Crippen molar-refractivity contribution in [3.8, 4) is 22.6 Å². The topological polar surface area (TPSA) is 57.9 Å². The maximum atomic E-state index is 11.9. The van der Waals surface area contributed by atoms with Gasteiger partial charge < -0.3 is 19.3 Å². The van der Waals surface area contributed by atoms with Gasteiger partial charge in [-0.2, -0.15) is 0 Å². The largest absolute Gasteiger partial charge is 0.508 e. The Morgan fingerprint density at radius 2 is 1.81 bits per heavy atom. The second kappa shape index (κ2) is 7.51. The Balaban J connectivity index is 1.94. The highest BCUT2D eigenvalue weighted by atomic mass is 16.5. The van der Waals surface area contributed by atoms with Crippen LogP contribution in [0.1, 0.15) is 11.1 Å². The van der Waals surface area contributed by atoms with E-state index in [0.29, 0.717) is 17.9 Å². The summed E-state index contributed by atoms with van der Waals surface area (Å²) in [6, 6.07) is 5.48. The van der Waals surface area contributed by atoms with Gasteiger partial charge in [-0.1, -0.05) is 0 Å². The summed E-state index contributed by atoms with van der Waals surface area (Å²) in [7, 11) is 5.49. The molecule has 3 rings (SSSR count). The smallest absolute Gasteiger partial charge is 0.253 e. The van der Waals surface area contributed by atoms with Crippen LogP contribution in [0.3, 0.4) is 0 Å². The molecule has 1 aliphatic heterocycles. The first kappa shape index (κ1) is 18.5. The van der Waals surface area contributed by atoms with Crippen molar-refractivity contribution in [1.29, 1.82) is 0 Å². The highest BCUT2D eigenvalue weighted by Gasteiger charge is 2.18. The molecule has 1 fully saturated rings. The van der Waals surface area contributed by atoms with Crippen molar-refractivity contribution in [1.82, 2.24) is 14.4 Å². The highest BCUT2D eigenvalue weighted by Crippen LogP contribution is 2.36. The third kappa shape index (κ3) is 3.76. The lowest BCUT2D eigenvalue weighted by molar-refractivity contribution is 0.147. The minimum Gasteiger partial charge on any atom is -0.508 e. The van der Waals surface area contributed by atoms with Gasteiger partial charge in [0.25, 0.3) is 5.56 Å². The van der Waals surface area contributed by atoms with Crippen LogP contribution in [0.2, 0.25) is 0 Å². The number of benzene rings is 1. The van der Waals surface area contributed by atoms with Crippen molar-refractivity contribution in [3.05, 3.63) is 45.9 Å². The maximum Gasteiger partial charge on any atom is 0.253 e. The summed E-state index contributed by atoms with van der Waals surface area (Å²) in [5.74, 6) is 0.955. The molecule has 140 valence electrons. The monoisotopic (exact) mass is 357 g/mol. The van der Waals surface area contributed by atoms with Gasteiger partial charge in [0.05, 0.1) is 7.11 Å². The third-order valence-electron chi connectivity index (χ3n) is 5.06. The van der Waals surface area contributed by atoms with Crippen LogP contribution in [0.4, 0.5) is 0 Å². The molecule has 2 heterocycles. The standard InChI is InChI=1S/C20H27N3O3/c1-14-9-15(12-22(3)20(14)25)17-11-18(24)16(10-19(17)26-4)13-23-7-5-21(2)6-8-23/h9-12,24H,5-8,13H2,1-4H3. The predicted octanol–water partition coefficient (Wildman–Crippen LogP) is 1.82. The summed E-state index contributed by atoms with van der Waals surface area (Å²) >= 11 is 0. The molecular formula is C20H27N3O3. The molecule has 0 bridgehead atoms. The van der Waals surface area contributed by atoms with Crippen molar-refractivity contribution in [3.63, 3.8) is 0 Å². The van der Waals surface area contributed by atoms with E-state index < -0.39 is 0 Å². The zero-order valence-electron chi connectivity index (χ0n) is 16.0. The number of aryl methyl sites for hydroxylation is 2. The Hall–Kier alpha value is -2.31. The Labute approximate surface area is 154 Å². The lowest BCUT2D eigenvalue weighted by atomic mass is 10.0. The maximum absolute atomic E-state index is 11.9. The number of phenols is 1. The number of phenolic OH excluding ortho intramolecular Hbond substituents is 1. The number of hydrogen-bond acceptors (Lipinski definition) is 5. The van der Waals surface area contributed by atoms with Crippen LogP contribution in [-0.4, -0.2) is 59.8 Å². The van der Waals surface area contributed by atoms with E-state index in [4.69, 9.17) is 4.74 Å². The van der Waals surface area contributed by atoms with E-state index in [1.165, 1.54) is 0 Å². The summed E-state index contributed by atoms with van der Waals surface area (Å²) in [4.78, 5) is 16.6. The van der Waals surface area contributed by atoms with Crippen LogP contribution in [0, 0.1) is 6.92 Å². The summed E-state index contributed by atoms with van der Waals surface area (Å²) < 4.78 is 7.14. The van der Waals surface area contributed by atoms with Gasteiger partial charge in [-0.3, -0.25) is 9.69 Å². The van der Waals surface area contributed by atoms with E-state index in [-0.39, 0.29) is 11.3 Å². The number of nitrogens with zero attached hydrogens (tertiary/aromatic N) is 3. The van der Waals surface area contributed by atoms with Crippen LogP contribution >= 0.6 is 0 Å². The number of hydrogen-bond donors (Lipinski definition) is 1. The molecule has 6 nitrogen and oxygen atoms in total. The predicted molar refractivity (Wildman–Crippen MR) is 103 cm³/mol. The normalized spacial score (nSPS) is 16.0. The number of ether oxygens (including phenoxy) is 1. The number of likely N-dealkylation sites (N-methyl/N-ethyl adjacent to an activating group) is 1. The van der Waals surface area contributed by atoms with Crippen LogP contribution in [0.5, 0.6) is 11.5 Å². The Morgan fingerprint density at radius 1 is 1.12 bits per heavy atom. The minimum atomic E-state index is -0.0244. The molecule has 1 aromatic carbocycles. The molecular weight excluding hydrogens is 330 g/mol. The van der Waals surface area contributed by atoms with Gasteiger partial charge >= 0.3 is 0 Å². The molecule has 0 amide bonds. The Bertz CT molecular complexity index is 826. The number of aromatic nitrogens is 1. The highest BCUT2D eigenvalue weighted by molar-refractivity contribution is 5.73. The number of methoxy groups -OCH3 is 1. The SMILES string of the molecule is COc1cc(CN2CCN(C)CC2)c(O)cc1-c1cc(C)c(=O)n(C)c1. The van der Waals surface area contributed by atoms with Crippen molar-refractivity contribution in [2.24, 2.45) is 7.05 Å². The summed E-state index contributed by atoms with van der Waals surface area (Å²) in [5, 5.41) is 10.6. The van der Waals surface area contributed by atoms with E-state index in [0.717, 1.165) is 42.9 Å². The van der Waals surface area contributed by atoms with Gasteiger partial charge in [-0.05, 0) is 32.2 Å². The molecule has 6 heteroatoms. The molecule has 0 atom stereocenters. The fourth-order valence-corrected chi connectivity index (χ4v) is 3.40. The van der Waals surface area contributed by atoms with Gasteiger partial charge in [0.15, 0.2) is 0 Å². The van der Waals surface area contributed by atoms with Crippen LogP contribution < -0.4 is 10.3 Å². The first-order chi connectivity index (χ1) is 12.4. The van der Waals surface area contributed by atoms with E-state index in [1.54, 1.807) is 37.9 Å². The van der Waals surface area contributed by atoms with Gasteiger partial charge in [-0.15, -0.1) is 0 Å². The van der Waals surface area contributed by atoms with Crippen LogP contribution in [0.15, 0.2) is 29.2 Å². The second-order valence-electron chi connectivity index (χ2n) is 7.09. The van der Waals surface area contributed by atoms with E-state index >= 15 is 0 Å². The first-order valence-corrected chi connectivity index (χ1v) is 8.87. The average molecular weight is 357 g/mol. The average Bonchev–Trinajstić information content (AvgIpc) is 2.62. The number of pyridine rings is 1. The quantitative estimate of drug-likeness (QED) is 0.905. The summed E-state index contributed by atoms with van der Waals surface area (Å²) in [5.41, 5.74) is 3.13. The van der Waals surface area contributed by atoms with Crippen LogP contribution in [-0.2, 0) is 13.6 Å². The van der Waals surface area contributed by atoms with E-state index in [2.05, 4.69) is 16.8 Å². The fraction of sp³-hybridized carbons (Fsp3) is 0.450. The van der Waals surface area contributed by atoms with Crippen molar-refractivity contribution >= 4 is 0 Å². The summed E-state index contributed by atoms with van der Waals surface area (Å²) in [6.45, 7) is 6.53. The fourth-order valence-electron chi connectivity index (χ4n) is 3.40. The Morgan fingerprint density at radius 3 is 2.42 bits per heavy atom. The van der Waals surface area contributed by atoms with Gasteiger partial charge in [0, 0.05) is 68.2 Å². The van der Waals surface area contributed by atoms with Crippen molar-refractivity contribution < 1.29 is 9.84 Å². The minimum absolute atomic E-state index is 0.0244. The lowest BCUT2D eigenvalue weighted by Gasteiger charge is -2.32. The zero-order chi connectivity index (χ0) is 18.8. The molecule has 26 heavy (non-hydrogen) atoms. The van der Waals surface area contributed by atoms with Gasteiger partial charge in [0.1, 0.15) is 11.5 Å². The molecule has 0 spiro atoms. The summed E-state index contributed by atoms with van der Waals surface area (Å²) in [6.07, 6.45) is 1.77. The molecule has 2 aromatic rings. The molecule has 0 radical (unpaired) electrons. The molecule has 0 aliphatic carbocycles. The molecule has 0 unspecified atom stereocenters. The van der Waals surface area contributed by atoms with Crippen molar-refractivity contribution in [2.45, 2.75) is 13.5 Å². The molecule has 1 N–H and O–H groups in total. The number of piperazine rings is 1. The van der Waals surface area contributed by atoms with Gasteiger partial charge in [-0.25, -0.2) is 0 Å². The lowest BCUT2D eigenvalue weighted by Crippen LogP contribution is -2.43. The number of aromatic hydroxyl groups is 1. The zero-order valence-corrected chi connectivity index (χ0v) is 16.0. The second-order valence-corrected chi connectivity index (χ2v) is 7.09. The molecule has 1 aliphatic rings. The molecule has 1 saturated heterocycles. The Kier molecular flexibility index (Phi) is 5.34.